The molecule has 1 aromatic carbocycles. The van der Waals surface area contributed by atoms with Gasteiger partial charge in [0.05, 0.1) is 34.3 Å². The minimum atomic E-state index is -1.74. The normalized spacial score (nSPS) is 16.8. The number of nitrogens with one attached hydrogen (secondary N) is 1. The maximum Gasteiger partial charge on any atom is 0.317 e. The molecule has 0 spiro atoms. The third-order valence-electron chi connectivity index (χ3n) is 7.39. The van der Waals surface area contributed by atoms with Crippen molar-refractivity contribution in [2.75, 3.05) is 78.5 Å². The fourth-order valence-corrected chi connectivity index (χ4v) is 6.13. The molecule has 1 aliphatic heterocycles. The molecule has 0 bridgehead atoms. The highest BCUT2D eigenvalue weighted by molar-refractivity contribution is 6.88. The van der Waals surface area contributed by atoms with Crippen LogP contribution in [0.4, 0.5) is 0 Å². The van der Waals surface area contributed by atoms with Crippen molar-refractivity contribution in [2.24, 2.45) is 0 Å². The molecule has 246 valence electrons. The van der Waals surface area contributed by atoms with E-state index in [0.717, 1.165) is 11.1 Å². The number of carboxylic acid groups (broad SMARTS) is 3. The summed E-state index contributed by atoms with van der Waals surface area (Å²) in [6.45, 7) is 8.90. The van der Waals surface area contributed by atoms with Crippen LogP contribution in [0.2, 0.25) is 19.6 Å². The smallest absolute Gasteiger partial charge is 0.317 e. The number of carbonyl (C=O) groups is 4. The summed E-state index contributed by atoms with van der Waals surface area (Å²) in [7, 11) is -1.74. The first-order valence-corrected chi connectivity index (χ1v) is 18.2. The summed E-state index contributed by atoms with van der Waals surface area (Å²) in [5.41, 5.74) is 1.65. The van der Waals surface area contributed by atoms with Gasteiger partial charge in [-0.1, -0.05) is 37.0 Å². The Hall–Kier alpha value is -3.90. The van der Waals surface area contributed by atoms with Crippen LogP contribution in [0.5, 0.6) is 0 Å². The molecule has 2 heterocycles. The second-order valence-electron chi connectivity index (χ2n) is 12.1. The predicted molar refractivity (Wildman–Crippen MR) is 167 cm³/mol. The fourth-order valence-electron chi connectivity index (χ4n) is 4.92. The summed E-state index contributed by atoms with van der Waals surface area (Å²) < 4.78 is 0. The molecule has 45 heavy (non-hydrogen) atoms. The van der Waals surface area contributed by atoms with Gasteiger partial charge in [-0.05, 0) is 11.6 Å². The first-order valence-electron chi connectivity index (χ1n) is 14.7. The van der Waals surface area contributed by atoms with Crippen LogP contribution in [-0.2, 0) is 25.7 Å². The molecule has 16 nitrogen and oxygen atoms in total. The summed E-state index contributed by atoms with van der Waals surface area (Å²) >= 11 is 0. The van der Waals surface area contributed by atoms with E-state index in [1.165, 1.54) is 11.5 Å². The van der Waals surface area contributed by atoms with E-state index in [-0.39, 0.29) is 38.6 Å². The highest BCUT2D eigenvalue weighted by Crippen LogP contribution is 2.17. The van der Waals surface area contributed by atoms with Gasteiger partial charge in [-0.15, -0.1) is 20.4 Å². The lowest BCUT2D eigenvalue weighted by atomic mass is 10.1. The Labute approximate surface area is 263 Å². The molecule has 17 heteroatoms. The Bertz CT molecular complexity index is 1280. The lowest BCUT2D eigenvalue weighted by Gasteiger charge is -2.32. The zero-order valence-corrected chi connectivity index (χ0v) is 27.1. The lowest BCUT2D eigenvalue weighted by Crippen LogP contribution is -2.49. The molecule has 3 rings (SSSR count). The SMILES string of the molecule is C[Si](C)(C)c1cc(CNC(=O)CN2CCN(CC(=O)O)CCN(CC(=O)O)CCN(CC(=O)O)CC2)cc(-c2nncnn2)c1. The summed E-state index contributed by atoms with van der Waals surface area (Å²) in [5, 5.41) is 48.2. The van der Waals surface area contributed by atoms with E-state index in [1.54, 1.807) is 14.7 Å². The molecule has 0 radical (unpaired) electrons. The van der Waals surface area contributed by atoms with Gasteiger partial charge in [0.25, 0.3) is 0 Å². The minimum Gasteiger partial charge on any atom is -0.480 e. The van der Waals surface area contributed by atoms with Crippen LogP contribution in [0.15, 0.2) is 24.5 Å². The number of hydrogen-bond donors (Lipinski definition) is 4. The average Bonchev–Trinajstić information content (AvgIpc) is 2.96. The number of aromatic nitrogens is 4. The van der Waals surface area contributed by atoms with Crippen LogP contribution in [0.3, 0.4) is 0 Å². The summed E-state index contributed by atoms with van der Waals surface area (Å²) in [6, 6.07) is 6.02. The minimum absolute atomic E-state index is 0.0309. The second-order valence-corrected chi connectivity index (χ2v) is 17.2. The van der Waals surface area contributed by atoms with Crippen LogP contribution in [0.25, 0.3) is 11.4 Å². The van der Waals surface area contributed by atoms with Crippen molar-refractivity contribution in [3.8, 4) is 11.4 Å². The number of rotatable bonds is 12. The maximum absolute atomic E-state index is 13.2. The van der Waals surface area contributed by atoms with Gasteiger partial charge in [-0.3, -0.25) is 38.8 Å². The molecule has 1 amide bonds. The van der Waals surface area contributed by atoms with E-state index in [9.17, 15) is 34.5 Å². The average molecular weight is 646 g/mol. The Morgan fingerprint density at radius 3 is 1.51 bits per heavy atom. The molecule has 0 unspecified atom stereocenters. The van der Waals surface area contributed by atoms with E-state index in [2.05, 4.69) is 51.4 Å². The standard InChI is InChI=1S/C28H43N9O7Si/c1-45(2,3)23-13-21(12-22(14-23)28-32-30-20-31-33-28)15-29-24(38)16-34-4-6-35(17-25(39)40)8-10-37(19-27(43)44)11-9-36(7-5-34)18-26(41)42/h12-14,20H,4-11,15-19H2,1-3H3,(H,29,38)(H,39,40)(H,41,42)(H,43,44). The van der Waals surface area contributed by atoms with Gasteiger partial charge in [-0.25, -0.2) is 0 Å². The summed E-state index contributed by atoms with van der Waals surface area (Å²) in [5.74, 6) is -2.86. The molecule has 0 aliphatic carbocycles. The van der Waals surface area contributed by atoms with Crippen molar-refractivity contribution in [3.05, 3.63) is 30.1 Å². The molecule has 4 N–H and O–H groups in total. The van der Waals surface area contributed by atoms with Gasteiger partial charge < -0.3 is 20.6 Å². The zero-order valence-electron chi connectivity index (χ0n) is 26.1. The van der Waals surface area contributed by atoms with E-state index < -0.39 is 26.0 Å². The Morgan fingerprint density at radius 2 is 1.11 bits per heavy atom. The second kappa shape index (κ2) is 17.0. The van der Waals surface area contributed by atoms with Crippen LogP contribution in [-0.4, -0.2) is 166 Å². The number of aliphatic carboxylic acids is 3. The molecule has 1 saturated heterocycles. The number of benzene rings is 1. The molecular weight excluding hydrogens is 602 g/mol. The predicted octanol–water partition coefficient (Wildman–Crippen LogP) is -1.43. The van der Waals surface area contributed by atoms with Gasteiger partial charge in [0.2, 0.25) is 11.7 Å². The molecule has 1 aliphatic rings. The molecule has 2 aromatic rings. The first kappa shape index (κ1) is 35.6. The van der Waals surface area contributed by atoms with Crippen molar-refractivity contribution >= 4 is 37.1 Å². The largest absolute Gasteiger partial charge is 0.480 e. The molecule has 0 atom stereocenters. The monoisotopic (exact) mass is 645 g/mol. The number of hydrogen-bond acceptors (Lipinski definition) is 12. The molecule has 0 saturated carbocycles. The van der Waals surface area contributed by atoms with E-state index in [4.69, 9.17) is 0 Å². The van der Waals surface area contributed by atoms with Crippen molar-refractivity contribution in [3.63, 3.8) is 0 Å². The highest BCUT2D eigenvalue weighted by atomic mass is 28.3. The molecule has 1 aromatic heterocycles. The molecule has 1 fully saturated rings. The van der Waals surface area contributed by atoms with Gasteiger partial charge in [0.15, 0.2) is 6.33 Å². The Balaban J connectivity index is 1.73. The van der Waals surface area contributed by atoms with Crippen molar-refractivity contribution in [1.82, 2.24) is 45.3 Å². The van der Waals surface area contributed by atoms with Crippen LogP contribution < -0.4 is 10.5 Å². The van der Waals surface area contributed by atoms with Crippen LogP contribution in [0.1, 0.15) is 5.56 Å². The summed E-state index contributed by atoms with van der Waals surface area (Å²) in [6.07, 6.45) is 1.26. The first-order chi connectivity index (χ1) is 21.3. The van der Waals surface area contributed by atoms with Crippen molar-refractivity contribution < 1.29 is 34.5 Å². The van der Waals surface area contributed by atoms with E-state index in [0.29, 0.717) is 58.2 Å². The zero-order chi connectivity index (χ0) is 33.0. The topological polar surface area (TPSA) is 206 Å². The van der Waals surface area contributed by atoms with E-state index in [1.807, 2.05) is 17.0 Å². The summed E-state index contributed by atoms with van der Waals surface area (Å²) in [4.78, 5) is 54.6. The van der Waals surface area contributed by atoms with E-state index >= 15 is 0 Å². The van der Waals surface area contributed by atoms with Gasteiger partial charge in [0.1, 0.15) is 0 Å². The quantitative estimate of drug-likeness (QED) is 0.195. The van der Waals surface area contributed by atoms with Gasteiger partial charge in [0, 0.05) is 64.5 Å². The van der Waals surface area contributed by atoms with Crippen molar-refractivity contribution in [2.45, 2.75) is 26.2 Å². The van der Waals surface area contributed by atoms with Gasteiger partial charge >= 0.3 is 17.9 Å². The van der Waals surface area contributed by atoms with Crippen LogP contribution >= 0.6 is 0 Å². The number of amides is 1. The fraction of sp³-hybridized carbons (Fsp3) is 0.571. The van der Waals surface area contributed by atoms with Gasteiger partial charge in [-0.2, -0.15) is 0 Å². The Morgan fingerprint density at radius 1 is 0.689 bits per heavy atom. The highest BCUT2D eigenvalue weighted by Gasteiger charge is 2.22. The van der Waals surface area contributed by atoms with Crippen LogP contribution in [0, 0.1) is 0 Å². The Kier molecular flexibility index (Phi) is 13.4. The third kappa shape index (κ3) is 12.9. The number of carbonyl (C=O) groups excluding carboxylic acids is 1. The number of nitrogens with zero attached hydrogens (tertiary/aromatic N) is 8. The third-order valence-corrected chi connectivity index (χ3v) is 9.41. The molecular formula is C28H43N9O7Si. The van der Waals surface area contributed by atoms with Crippen molar-refractivity contribution in [1.29, 1.82) is 0 Å². The maximum atomic E-state index is 13.2. The lowest BCUT2D eigenvalue weighted by molar-refractivity contribution is -0.140. The number of carboxylic acids is 3.